The van der Waals surface area contributed by atoms with Crippen LogP contribution in [0.5, 0.6) is 0 Å². The summed E-state index contributed by atoms with van der Waals surface area (Å²) in [5.41, 5.74) is 0.910. The number of aliphatic hydroxyl groups is 1. The predicted molar refractivity (Wildman–Crippen MR) is 45.2 cm³/mol. The molecule has 0 aliphatic rings. The van der Waals surface area contributed by atoms with E-state index in [1.54, 1.807) is 0 Å². The van der Waals surface area contributed by atoms with Crippen LogP contribution in [0.2, 0.25) is 0 Å². The molecule has 0 saturated carbocycles. The lowest BCUT2D eigenvalue weighted by Crippen LogP contribution is -2.01. The summed E-state index contributed by atoms with van der Waals surface area (Å²) in [6, 6.07) is 5.87. The molecule has 0 unspecified atom stereocenters. The van der Waals surface area contributed by atoms with Gasteiger partial charge in [0, 0.05) is 24.9 Å². The van der Waals surface area contributed by atoms with Gasteiger partial charge in [-0.25, -0.2) is 0 Å². The van der Waals surface area contributed by atoms with Crippen LogP contribution < -0.4 is 0 Å². The molecule has 0 aliphatic heterocycles. The maximum atomic E-state index is 8.88. The van der Waals surface area contributed by atoms with E-state index in [-0.39, 0.29) is 6.61 Å². The van der Waals surface area contributed by atoms with Crippen LogP contribution in [0.1, 0.15) is 18.5 Å². The Morgan fingerprint density at radius 1 is 1.58 bits per heavy atom. The van der Waals surface area contributed by atoms with Gasteiger partial charge in [0.25, 0.3) is 0 Å². The summed E-state index contributed by atoms with van der Waals surface area (Å²) in [6.07, 6.45) is 3.34. The number of nitriles is 1. The summed E-state index contributed by atoms with van der Waals surface area (Å²) >= 11 is 0. The lowest BCUT2D eigenvalue weighted by atomic mass is 10.3. The molecule has 1 aromatic heterocycles. The van der Waals surface area contributed by atoms with Crippen LogP contribution in [0.25, 0.3) is 0 Å². The van der Waals surface area contributed by atoms with Gasteiger partial charge in [-0.2, -0.15) is 5.26 Å². The monoisotopic (exact) mass is 164 g/mol. The van der Waals surface area contributed by atoms with Crippen molar-refractivity contribution in [2.45, 2.75) is 26.0 Å². The summed E-state index contributed by atoms with van der Waals surface area (Å²) in [6.45, 7) is 0.885. The maximum absolute atomic E-state index is 8.88. The highest BCUT2D eigenvalue weighted by Gasteiger charge is 1.97. The molecule has 0 aliphatic carbocycles. The number of aryl methyl sites for hydroxylation is 1. The minimum atomic E-state index is 0.0690. The van der Waals surface area contributed by atoms with E-state index in [1.807, 2.05) is 22.9 Å². The zero-order valence-electron chi connectivity index (χ0n) is 6.90. The second kappa shape index (κ2) is 4.58. The Bertz CT molecular complexity index is 272. The van der Waals surface area contributed by atoms with Crippen molar-refractivity contribution < 1.29 is 5.11 Å². The van der Waals surface area contributed by atoms with Gasteiger partial charge in [-0.1, -0.05) is 0 Å². The third-order valence-corrected chi connectivity index (χ3v) is 1.77. The van der Waals surface area contributed by atoms with Gasteiger partial charge in [0.15, 0.2) is 0 Å². The number of rotatable bonds is 4. The van der Waals surface area contributed by atoms with Crippen molar-refractivity contribution in [3.05, 3.63) is 24.0 Å². The fraction of sp³-hybridized carbons (Fsp3) is 0.444. The first-order chi connectivity index (χ1) is 5.88. The van der Waals surface area contributed by atoms with Gasteiger partial charge in [0.2, 0.25) is 0 Å². The molecular weight excluding hydrogens is 152 g/mol. The van der Waals surface area contributed by atoms with Crippen molar-refractivity contribution in [1.29, 1.82) is 5.26 Å². The molecule has 64 valence electrons. The highest BCUT2D eigenvalue weighted by Crippen LogP contribution is 2.03. The van der Waals surface area contributed by atoms with Crippen molar-refractivity contribution in [1.82, 2.24) is 4.57 Å². The van der Waals surface area contributed by atoms with E-state index in [1.165, 1.54) is 0 Å². The number of nitrogens with zero attached hydrogens (tertiary/aromatic N) is 2. The molecular formula is C9H12N2O. The zero-order chi connectivity index (χ0) is 8.81. The van der Waals surface area contributed by atoms with E-state index >= 15 is 0 Å². The number of aliphatic hydroxyl groups excluding tert-OH is 1. The maximum Gasteiger partial charge on any atom is 0.0832 e. The van der Waals surface area contributed by atoms with Crippen LogP contribution >= 0.6 is 0 Å². The molecule has 0 atom stereocenters. The quantitative estimate of drug-likeness (QED) is 0.681. The third-order valence-electron chi connectivity index (χ3n) is 1.77. The van der Waals surface area contributed by atoms with Gasteiger partial charge in [-0.15, -0.1) is 0 Å². The molecule has 1 heterocycles. The number of hydrogen-bond acceptors (Lipinski definition) is 2. The molecule has 0 radical (unpaired) electrons. The summed E-state index contributed by atoms with van der Waals surface area (Å²) in [5.74, 6) is 0. The van der Waals surface area contributed by atoms with Crippen LogP contribution in [0, 0.1) is 11.3 Å². The molecule has 1 N–H and O–H groups in total. The van der Waals surface area contributed by atoms with Crippen molar-refractivity contribution >= 4 is 0 Å². The Morgan fingerprint density at radius 3 is 3.08 bits per heavy atom. The van der Waals surface area contributed by atoms with E-state index in [9.17, 15) is 0 Å². The molecule has 3 nitrogen and oxygen atoms in total. The lowest BCUT2D eigenvalue weighted by Gasteiger charge is -2.04. The largest absolute Gasteiger partial charge is 0.390 e. The van der Waals surface area contributed by atoms with Crippen LogP contribution in [0.3, 0.4) is 0 Å². The van der Waals surface area contributed by atoms with Gasteiger partial charge < -0.3 is 9.67 Å². The Balaban J connectivity index is 2.46. The lowest BCUT2D eigenvalue weighted by molar-refractivity contribution is 0.270. The molecule has 12 heavy (non-hydrogen) atoms. The Morgan fingerprint density at radius 2 is 2.42 bits per heavy atom. The second-order valence-corrected chi connectivity index (χ2v) is 2.61. The van der Waals surface area contributed by atoms with Gasteiger partial charge >= 0.3 is 0 Å². The Labute approximate surface area is 71.9 Å². The predicted octanol–water partition coefficient (Wildman–Crippen LogP) is 1.28. The molecule has 0 fully saturated rings. The first-order valence-corrected chi connectivity index (χ1v) is 4.00. The van der Waals surface area contributed by atoms with Gasteiger partial charge in [-0.05, 0) is 18.6 Å². The number of unbranched alkanes of at least 4 members (excludes halogenated alkanes) is 1. The minimum Gasteiger partial charge on any atom is -0.390 e. The molecule has 0 aromatic carbocycles. The average Bonchev–Trinajstić information content (AvgIpc) is 2.52. The van der Waals surface area contributed by atoms with Crippen LogP contribution in [0.4, 0.5) is 0 Å². The zero-order valence-corrected chi connectivity index (χ0v) is 6.90. The van der Waals surface area contributed by atoms with E-state index in [0.717, 1.165) is 18.7 Å². The van der Waals surface area contributed by atoms with E-state index in [4.69, 9.17) is 10.4 Å². The summed E-state index contributed by atoms with van der Waals surface area (Å²) < 4.78 is 1.97. The molecule has 0 saturated heterocycles. The molecule has 0 bridgehead atoms. The number of aromatic nitrogens is 1. The van der Waals surface area contributed by atoms with E-state index in [0.29, 0.717) is 6.42 Å². The molecule has 3 heteroatoms. The van der Waals surface area contributed by atoms with Crippen molar-refractivity contribution in [3.8, 4) is 6.07 Å². The van der Waals surface area contributed by atoms with Crippen LogP contribution in [-0.2, 0) is 13.2 Å². The first kappa shape index (κ1) is 8.82. The molecule has 1 aromatic rings. The first-order valence-electron chi connectivity index (χ1n) is 4.00. The molecule has 0 amide bonds. The van der Waals surface area contributed by atoms with Crippen molar-refractivity contribution in [3.63, 3.8) is 0 Å². The standard InChI is InChI=1S/C9H12N2O/c10-5-1-2-6-11-7-3-4-9(11)8-12/h3-4,7,12H,1-2,6,8H2. The van der Waals surface area contributed by atoms with Crippen molar-refractivity contribution in [2.24, 2.45) is 0 Å². The van der Waals surface area contributed by atoms with Crippen molar-refractivity contribution in [2.75, 3.05) is 0 Å². The van der Waals surface area contributed by atoms with Gasteiger partial charge in [0.1, 0.15) is 0 Å². The number of hydrogen-bond donors (Lipinski definition) is 1. The van der Waals surface area contributed by atoms with Gasteiger partial charge in [-0.3, -0.25) is 0 Å². The SMILES string of the molecule is N#CCCCn1cccc1CO. The van der Waals surface area contributed by atoms with Gasteiger partial charge in [0.05, 0.1) is 12.7 Å². The second-order valence-electron chi connectivity index (χ2n) is 2.61. The molecule has 1 rings (SSSR count). The fourth-order valence-corrected chi connectivity index (χ4v) is 1.14. The third kappa shape index (κ3) is 2.11. The summed E-state index contributed by atoms with van der Waals surface area (Å²) in [7, 11) is 0. The van der Waals surface area contributed by atoms with E-state index < -0.39 is 0 Å². The highest BCUT2D eigenvalue weighted by molar-refractivity contribution is 5.05. The Hall–Kier alpha value is -1.27. The fourth-order valence-electron chi connectivity index (χ4n) is 1.14. The summed E-state index contributed by atoms with van der Waals surface area (Å²) in [5, 5.41) is 17.2. The average molecular weight is 164 g/mol. The smallest absolute Gasteiger partial charge is 0.0832 e. The highest BCUT2D eigenvalue weighted by atomic mass is 16.3. The summed E-state index contributed by atoms with van der Waals surface area (Å²) in [4.78, 5) is 0. The van der Waals surface area contributed by atoms with E-state index in [2.05, 4.69) is 6.07 Å². The molecule has 0 spiro atoms. The van der Waals surface area contributed by atoms with Crippen LogP contribution in [0.15, 0.2) is 18.3 Å². The van der Waals surface area contributed by atoms with Crippen LogP contribution in [-0.4, -0.2) is 9.67 Å². The Kier molecular flexibility index (Phi) is 3.36. The normalized spacial score (nSPS) is 9.67. The minimum absolute atomic E-state index is 0.0690. The topological polar surface area (TPSA) is 49.0 Å².